The van der Waals surface area contributed by atoms with Gasteiger partial charge < -0.3 is 9.84 Å². The van der Waals surface area contributed by atoms with E-state index in [1.54, 1.807) is 12.1 Å². The fourth-order valence-electron chi connectivity index (χ4n) is 2.53. The average Bonchev–Trinajstić information content (AvgIpc) is 2.81. The summed E-state index contributed by atoms with van der Waals surface area (Å²) < 4.78 is 4.81. The summed E-state index contributed by atoms with van der Waals surface area (Å²) in [6, 6.07) is 13.6. The molecule has 0 radical (unpaired) electrons. The molecule has 1 aliphatic heterocycles. The molecule has 0 amide bonds. The molecule has 3 rings (SSSR count). The van der Waals surface area contributed by atoms with Gasteiger partial charge in [0.2, 0.25) is 0 Å². The minimum absolute atomic E-state index is 0.193. The first kappa shape index (κ1) is 17.0. The normalized spacial score (nSPS) is 15.9. The van der Waals surface area contributed by atoms with E-state index in [1.165, 1.54) is 20.9 Å². The largest absolute Gasteiger partial charge is 0.511 e. The first-order valence-corrected chi connectivity index (χ1v) is 9.17. The van der Waals surface area contributed by atoms with Crippen LogP contribution < -0.4 is 4.74 Å². The summed E-state index contributed by atoms with van der Waals surface area (Å²) in [5.41, 5.74) is 3.37. The van der Waals surface area contributed by atoms with Gasteiger partial charge in [-0.05, 0) is 61.7 Å². The van der Waals surface area contributed by atoms with Crippen molar-refractivity contribution in [2.24, 2.45) is 0 Å². The number of allylic oxidation sites excluding steroid dienone is 1. The molecule has 0 aromatic heterocycles. The summed E-state index contributed by atoms with van der Waals surface area (Å²) >= 11 is 3.81. The molecule has 2 aromatic carbocycles. The molecule has 0 saturated heterocycles. The molecule has 0 saturated carbocycles. The van der Waals surface area contributed by atoms with Crippen LogP contribution in [-0.2, 0) is 0 Å². The first-order chi connectivity index (χ1) is 11.3. The molecule has 2 aromatic rings. The lowest BCUT2D eigenvalue weighted by atomic mass is 10.0. The van der Waals surface area contributed by atoms with Gasteiger partial charge in [-0.25, -0.2) is 4.79 Å². The van der Waals surface area contributed by atoms with Crippen molar-refractivity contribution >= 4 is 41.3 Å². The van der Waals surface area contributed by atoms with Crippen molar-refractivity contribution in [2.45, 2.75) is 34.6 Å². The molecule has 3 nitrogen and oxygen atoms in total. The van der Waals surface area contributed by atoms with Crippen LogP contribution in [0.25, 0.3) is 11.6 Å². The molecule has 0 fully saturated rings. The predicted molar refractivity (Wildman–Crippen MR) is 101 cm³/mol. The number of ether oxygens (including phenoxy) is 1. The second-order valence-corrected chi connectivity index (χ2v) is 9.62. The molecule has 124 valence electrons. The van der Waals surface area contributed by atoms with Crippen molar-refractivity contribution in [3.05, 3.63) is 53.6 Å². The Balaban J connectivity index is 1.80. The van der Waals surface area contributed by atoms with Gasteiger partial charge in [0, 0.05) is 9.79 Å². The first-order valence-electron chi connectivity index (χ1n) is 7.54. The highest BCUT2D eigenvalue weighted by Gasteiger charge is 2.30. The maximum absolute atomic E-state index is 10.5. The zero-order chi connectivity index (χ0) is 17.3. The van der Waals surface area contributed by atoms with Crippen LogP contribution in [0.2, 0.25) is 0 Å². The molecule has 1 heterocycles. The summed E-state index contributed by atoms with van der Waals surface area (Å²) in [5, 5.41) is 8.61. The van der Waals surface area contributed by atoms with E-state index in [9.17, 15) is 4.79 Å². The lowest BCUT2D eigenvalue weighted by Crippen LogP contribution is -2.02. The zero-order valence-electron chi connectivity index (χ0n) is 13.7. The van der Waals surface area contributed by atoms with E-state index >= 15 is 0 Å². The van der Waals surface area contributed by atoms with Crippen LogP contribution in [0.1, 0.15) is 31.9 Å². The molecule has 0 unspecified atom stereocenters. The van der Waals surface area contributed by atoms with Crippen LogP contribution >= 0.6 is 23.5 Å². The summed E-state index contributed by atoms with van der Waals surface area (Å²) in [4.78, 5) is 13.2. The Morgan fingerprint density at radius 3 is 2.42 bits per heavy atom. The number of thioether (sulfide) groups is 2. The van der Waals surface area contributed by atoms with Crippen LogP contribution in [0.3, 0.4) is 0 Å². The highest BCUT2D eigenvalue weighted by molar-refractivity contribution is 8.20. The number of fused-ring (bicyclic) bond motifs is 1. The van der Waals surface area contributed by atoms with E-state index in [2.05, 4.69) is 49.8 Å². The van der Waals surface area contributed by atoms with Crippen molar-refractivity contribution in [2.75, 3.05) is 0 Å². The molecule has 1 aliphatic rings. The van der Waals surface area contributed by atoms with Gasteiger partial charge in [0.1, 0.15) is 5.75 Å². The van der Waals surface area contributed by atoms with E-state index in [4.69, 9.17) is 5.11 Å². The second kappa shape index (κ2) is 6.57. The summed E-state index contributed by atoms with van der Waals surface area (Å²) in [6.45, 7) is 6.57. The summed E-state index contributed by atoms with van der Waals surface area (Å²) in [7, 11) is 0. The van der Waals surface area contributed by atoms with Gasteiger partial charge in [0.15, 0.2) is 0 Å². The van der Waals surface area contributed by atoms with Crippen molar-refractivity contribution in [1.29, 1.82) is 0 Å². The van der Waals surface area contributed by atoms with Crippen molar-refractivity contribution in [3.8, 4) is 5.75 Å². The van der Waals surface area contributed by atoms with E-state index in [0.717, 1.165) is 5.56 Å². The Labute approximate surface area is 150 Å². The van der Waals surface area contributed by atoms with Gasteiger partial charge >= 0.3 is 6.16 Å². The Morgan fingerprint density at radius 1 is 1.08 bits per heavy atom. The van der Waals surface area contributed by atoms with Crippen molar-refractivity contribution in [3.63, 3.8) is 0 Å². The second-order valence-electron chi connectivity index (χ2n) is 6.03. The average molecular weight is 358 g/mol. The third kappa shape index (κ3) is 3.97. The van der Waals surface area contributed by atoms with Crippen LogP contribution in [-0.4, -0.2) is 15.3 Å². The molecule has 0 atom stereocenters. The fourth-order valence-corrected chi connectivity index (χ4v) is 5.20. The summed E-state index contributed by atoms with van der Waals surface area (Å²) in [6.07, 6.45) is 0.787. The standard InChI is InChI=1S/C19H18O3S2/c1-12(10-13-4-7-15(8-5-13)22-18(20)21)14-6-9-16-17(11-14)24-19(2,3)23-16/h4-11H,1-3H3,(H,20,21). The highest BCUT2D eigenvalue weighted by atomic mass is 32.2. The number of hydrogen-bond donors (Lipinski definition) is 1. The molecule has 1 N–H and O–H groups in total. The quantitative estimate of drug-likeness (QED) is 0.400. The number of carboxylic acid groups (broad SMARTS) is 1. The van der Waals surface area contributed by atoms with E-state index in [-0.39, 0.29) is 4.08 Å². The molecule has 24 heavy (non-hydrogen) atoms. The molecular formula is C19H18O3S2. The van der Waals surface area contributed by atoms with Gasteiger partial charge in [-0.3, -0.25) is 0 Å². The topological polar surface area (TPSA) is 46.5 Å². The molecular weight excluding hydrogens is 340 g/mol. The highest BCUT2D eigenvalue weighted by Crippen LogP contribution is 2.55. The smallest absolute Gasteiger partial charge is 0.449 e. The monoisotopic (exact) mass is 358 g/mol. The predicted octanol–water partition coefficient (Wildman–Crippen LogP) is 6.24. The Bertz CT molecular complexity index is 808. The zero-order valence-corrected chi connectivity index (χ0v) is 15.3. The Hall–Kier alpha value is -1.85. The number of rotatable bonds is 3. The third-order valence-electron chi connectivity index (χ3n) is 3.58. The van der Waals surface area contributed by atoms with Crippen LogP contribution in [0.4, 0.5) is 4.79 Å². The molecule has 0 spiro atoms. The van der Waals surface area contributed by atoms with Crippen LogP contribution in [0, 0.1) is 0 Å². The van der Waals surface area contributed by atoms with Gasteiger partial charge in [-0.15, -0.1) is 23.5 Å². The van der Waals surface area contributed by atoms with Crippen LogP contribution in [0.5, 0.6) is 5.75 Å². The minimum Gasteiger partial charge on any atom is -0.449 e. The Kier molecular flexibility index (Phi) is 4.65. The lowest BCUT2D eigenvalue weighted by molar-refractivity contribution is 0.144. The molecule has 5 heteroatoms. The molecule has 0 bridgehead atoms. The SMILES string of the molecule is CC(=Cc1ccc(OC(=O)O)cc1)c1ccc2c(c1)SC(C)(C)S2. The van der Waals surface area contributed by atoms with E-state index < -0.39 is 6.16 Å². The van der Waals surface area contributed by atoms with Crippen molar-refractivity contribution in [1.82, 2.24) is 0 Å². The Morgan fingerprint density at radius 2 is 1.75 bits per heavy atom. The number of benzene rings is 2. The van der Waals surface area contributed by atoms with Crippen LogP contribution in [0.15, 0.2) is 52.3 Å². The fraction of sp³-hybridized carbons (Fsp3) is 0.211. The summed E-state index contributed by atoms with van der Waals surface area (Å²) in [5.74, 6) is 0.325. The van der Waals surface area contributed by atoms with Gasteiger partial charge in [0.25, 0.3) is 0 Å². The lowest BCUT2D eigenvalue weighted by Gasteiger charge is -2.12. The minimum atomic E-state index is -1.30. The molecule has 0 aliphatic carbocycles. The van der Waals surface area contributed by atoms with E-state index in [0.29, 0.717) is 5.75 Å². The number of hydrogen-bond acceptors (Lipinski definition) is 4. The maximum atomic E-state index is 10.5. The van der Waals surface area contributed by atoms with Gasteiger partial charge in [-0.2, -0.15) is 0 Å². The van der Waals surface area contributed by atoms with E-state index in [1.807, 2.05) is 35.7 Å². The van der Waals surface area contributed by atoms with Crippen molar-refractivity contribution < 1.29 is 14.6 Å². The maximum Gasteiger partial charge on any atom is 0.511 e. The number of carbonyl (C=O) groups is 1. The van der Waals surface area contributed by atoms with Gasteiger partial charge in [0.05, 0.1) is 4.08 Å². The third-order valence-corrected chi connectivity index (χ3v) is 6.32. The van der Waals surface area contributed by atoms with Gasteiger partial charge in [-0.1, -0.05) is 24.3 Å².